The van der Waals surface area contributed by atoms with Gasteiger partial charge in [-0.1, -0.05) is 19.8 Å². The van der Waals surface area contributed by atoms with E-state index in [0.717, 1.165) is 25.9 Å². The van der Waals surface area contributed by atoms with Gasteiger partial charge in [0, 0.05) is 6.42 Å². The van der Waals surface area contributed by atoms with Gasteiger partial charge in [0.15, 0.2) is 0 Å². The Labute approximate surface area is 91.6 Å². The summed E-state index contributed by atoms with van der Waals surface area (Å²) in [6.45, 7) is 5.41. The highest BCUT2D eigenvalue weighted by molar-refractivity contribution is 5.69. The molecule has 1 heterocycles. The molecule has 0 spiro atoms. The first-order valence-corrected chi connectivity index (χ1v) is 5.62. The Morgan fingerprint density at radius 3 is 2.47 bits per heavy atom. The topological polar surface area (TPSA) is 59.1 Å². The fraction of sp³-hybridized carbons (Fsp3) is 0.909. The van der Waals surface area contributed by atoms with Crippen LogP contribution >= 0.6 is 0 Å². The van der Waals surface area contributed by atoms with Crippen LogP contribution < -0.4 is 0 Å². The Morgan fingerprint density at radius 2 is 2.13 bits per heavy atom. The molecule has 4 nitrogen and oxygen atoms in total. The third kappa shape index (κ3) is 11.3. The van der Waals surface area contributed by atoms with E-state index in [9.17, 15) is 4.79 Å². The maximum Gasteiger partial charge on any atom is 0.305 e. The molecule has 1 rings (SSSR count). The van der Waals surface area contributed by atoms with E-state index in [0.29, 0.717) is 13.0 Å². The van der Waals surface area contributed by atoms with E-state index >= 15 is 0 Å². The molecule has 0 aromatic carbocycles. The van der Waals surface area contributed by atoms with E-state index in [1.807, 2.05) is 6.92 Å². The smallest absolute Gasteiger partial charge is 0.305 e. The lowest BCUT2D eigenvalue weighted by Crippen LogP contribution is -2.02. The number of ether oxygens (including phenoxy) is 2. The Kier molecular flexibility index (Phi) is 9.52. The second-order valence-electron chi connectivity index (χ2n) is 3.40. The van der Waals surface area contributed by atoms with Gasteiger partial charge in [-0.15, -0.1) is 0 Å². The highest BCUT2D eigenvalue weighted by atomic mass is 16.6. The number of carbonyl (C=O) groups excluding carboxylic acids is 1. The number of unbranched alkanes of at least 4 members (excludes halogenated alkanes) is 2. The predicted octanol–water partition coefficient (Wildman–Crippen LogP) is 1.51. The SMILES string of the molecule is CCCCCC(=O)OCC.OCC1CO1. The van der Waals surface area contributed by atoms with Crippen molar-refractivity contribution in [2.45, 2.75) is 45.6 Å². The van der Waals surface area contributed by atoms with Crippen LogP contribution in [0.25, 0.3) is 0 Å². The molecular weight excluding hydrogens is 196 g/mol. The van der Waals surface area contributed by atoms with Gasteiger partial charge in [-0.3, -0.25) is 4.79 Å². The summed E-state index contributed by atoms with van der Waals surface area (Å²) >= 11 is 0. The van der Waals surface area contributed by atoms with Crippen LogP contribution in [-0.4, -0.2) is 37.0 Å². The largest absolute Gasteiger partial charge is 0.466 e. The molecular formula is C11H22O4. The standard InChI is InChI=1S/C8H16O2.C3H6O2/c1-3-5-6-7-8(9)10-4-2;4-1-3-2-5-3/h3-7H2,1-2H3;3-4H,1-2H2. The molecule has 0 aromatic rings. The molecule has 0 saturated carbocycles. The van der Waals surface area contributed by atoms with Gasteiger partial charge in [-0.05, 0) is 13.3 Å². The van der Waals surface area contributed by atoms with E-state index in [4.69, 9.17) is 9.84 Å². The Balaban J connectivity index is 0.000000322. The van der Waals surface area contributed by atoms with Crippen molar-refractivity contribution >= 4 is 5.97 Å². The van der Waals surface area contributed by atoms with Gasteiger partial charge >= 0.3 is 5.97 Å². The first-order chi connectivity index (χ1) is 7.24. The van der Waals surface area contributed by atoms with E-state index < -0.39 is 0 Å². The molecule has 1 N–H and O–H groups in total. The molecule has 1 saturated heterocycles. The Morgan fingerprint density at radius 1 is 1.47 bits per heavy atom. The van der Waals surface area contributed by atoms with E-state index in [1.54, 1.807) is 0 Å². The number of aliphatic hydroxyl groups excluding tert-OH is 1. The van der Waals surface area contributed by atoms with Crippen molar-refractivity contribution in [2.75, 3.05) is 19.8 Å². The van der Waals surface area contributed by atoms with Gasteiger partial charge in [0.25, 0.3) is 0 Å². The molecule has 0 amide bonds. The molecule has 4 heteroatoms. The fourth-order valence-corrected chi connectivity index (χ4v) is 0.926. The van der Waals surface area contributed by atoms with Crippen molar-refractivity contribution in [3.63, 3.8) is 0 Å². The van der Waals surface area contributed by atoms with Crippen molar-refractivity contribution in [2.24, 2.45) is 0 Å². The first kappa shape index (κ1) is 14.4. The molecule has 1 unspecified atom stereocenters. The van der Waals surface area contributed by atoms with Crippen LogP contribution in [0.5, 0.6) is 0 Å². The zero-order valence-electron chi connectivity index (χ0n) is 9.70. The van der Waals surface area contributed by atoms with Gasteiger partial charge in [0.05, 0.1) is 19.8 Å². The molecule has 90 valence electrons. The van der Waals surface area contributed by atoms with E-state index in [2.05, 4.69) is 11.7 Å². The molecule has 1 atom stereocenters. The number of carbonyl (C=O) groups is 1. The number of hydrogen-bond acceptors (Lipinski definition) is 4. The molecule has 0 aliphatic carbocycles. The third-order valence-corrected chi connectivity index (χ3v) is 1.90. The quantitative estimate of drug-likeness (QED) is 0.417. The normalized spacial score (nSPS) is 17.7. The summed E-state index contributed by atoms with van der Waals surface area (Å²) in [4.78, 5) is 10.7. The highest BCUT2D eigenvalue weighted by Gasteiger charge is 2.19. The summed E-state index contributed by atoms with van der Waals surface area (Å²) < 4.78 is 9.36. The number of rotatable bonds is 6. The summed E-state index contributed by atoms with van der Waals surface area (Å²) in [6.07, 6.45) is 4.02. The number of aliphatic hydroxyl groups is 1. The van der Waals surface area contributed by atoms with Gasteiger partial charge in [0.1, 0.15) is 6.10 Å². The second kappa shape index (κ2) is 9.93. The van der Waals surface area contributed by atoms with E-state index in [1.165, 1.54) is 0 Å². The molecule has 15 heavy (non-hydrogen) atoms. The van der Waals surface area contributed by atoms with Crippen LogP contribution in [0.15, 0.2) is 0 Å². The average molecular weight is 218 g/mol. The molecule has 0 bridgehead atoms. The minimum atomic E-state index is -0.0593. The summed E-state index contributed by atoms with van der Waals surface area (Å²) in [5.41, 5.74) is 0. The highest BCUT2D eigenvalue weighted by Crippen LogP contribution is 2.04. The summed E-state index contributed by atoms with van der Waals surface area (Å²) in [5.74, 6) is -0.0593. The van der Waals surface area contributed by atoms with Crippen LogP contribution in [0.3, 0.4) is 0 Å². The minimum absolute atomic E-state index is 0.0593. The van der Waals surface area contributed by atoms with Gasteiger partial charge in [-0.2, -0.15) is 0 Å². The van der Waals surface area contributed by atoms with Crippen LogP contribution in [0, 0.1) is 0 Å². The lowest BCUT2D eigenvalue weighted by Gasteiger charge is -1.99. The van der Waals surface area contributed by atoms with Crippen LogP contribution in [0.2, 0.25) is 0 Å². The molecule has 1 aliphatic heterocycles. The van der Waals surface area contributed by atoms with Crippen molar-refractivity contribution in [3.05, 3.63) is 0 Å². The zero-order chi connectivity index (χ0) is 11.5. The average Bonchev–Trinajstić information content (AvgIpc) is 3.03. The van der Waals surface area contributed by atoms with Crippen molar-refractivity contribution in [3.8, 4) is 0 Å². The van der Waals surface area contributed by atoms with Crippen LogP contribution in [-0.2, 0) is 14.3 Å². The second-order valence-corrected chi connectivity index (χ2v) is 3.40. The maximum absolute atomic E-state index is 10.7. The lowest BCUT2D eigenvalue weighted by molar-refractivity contribution is -0.143. The van der Waals surface area contributed by atoms with Crippen molar-refractivity contribution in [1.82, 2.24) is 0 Å². The Hall–Kier alpha value is -0.610. The summed E-state index contributed by atoms with van der Waals surface area (Å²) in [7, 11) is 0. The van der Waals surface area contributed by atoms with Crippen LogP contribution in [0.1, 0.15) is 39.5 Å². The molecule has 0 aromatic heterocycles. The Bertz CT molecular complexity index is 155. The molecule has 0 radical (unpaired) electrons. The number of epoxide rings is 1. The third-order valence-electron chi connectivity index (χ3n) is 1.90. The molecule has 1 aliphatic rings. The van der Waals surface area contributed by atoms with Gasteiger partial charge in [0.2, 0.25) is 0 Å². The maximum atomic E-state index is 10.7. The summed E-state index contributed by atoms with van der Waals surface area (Å²) in [6, 6.07) is 0. The van der Waals surface area contributed by atoms with E-state index in [-0.39, 0.29) is 18.7 Å². The number of esters is 1. The number of hydrogen-bond donors (Lipinski definition) is 1. The van der Waals surface area contributed by atoms with Gasteiger partial charge < -0.3 is 14.6 Å². The fourth-order valence-electron chi connectivity index (χ4n) is 0.926. The minimum Gasteiger partial charge on any atom is -0.466 e. The van der Waals surface area contributed by atoms with Gasteiger partial charge in [-0.25, -0.2) is 0 Å². The monoisotopic (exact) mass is 218 g/mol. The predicted molar refractivity (Wildman–Crippen MR) is 57.6 cm³/mol. The van der Waals surface area contributed by atoms with Crippen LogP contribution in [0.4, 0.5) is 0 Å². The lowest BCUT2D eigenvalue weighted by atomic mass is 10.2. The first-order valence-electron chi connectivity index (χ1n) is 5.62. The summed E-state index contributed by atoms with van der Waals surface area (Å²) in [5, 5.41) is 8.08. The molecule has 1 fully saturated rings. The van der Waals surface area contributed by atoms with Crippen molar-refractivity contribution in [1.29, 1.82) is 0 Å². The van der Waals surface area contributed by atoms with Crippen molar-refractivity contribution < 1.29 is 19.4 Å². The zero-order valence-corrected chi connectivity index (χ0v) is 9.70.